The summed E-state index contributed by atoms with van der Waals surface area (Å²) in [7, 11) is -3.67. The van der Waals surface area contributed by atoms with E-state index >= 15 is 0 Å². The van der Waals surface area contributed by atoms with Crippen LogP contribution in [0.15, 0.2) is 47.4 Å². The van der Waals surface area contributed by atoms with Gasteiger partial charge in [0.1, 0.15) is 0 Å². The number of rotatable bonds is 6. The summed E-state index contributed by atoms with van der Waals surface area (Å²) >= 11 is 0. The molecule has 6 heteroatoms. The van der Waals surface area contributed by atoms with Crippen LogP contribution in [0.2, 0.25) is 0 Å². The van der Waals surface area contributed by atoms with Gasteiger partial charge in [0.25, 0.3) is 10.0 Å². The van der Waals surface area contributed by atoms with Crippen LogP contribution in [0.1, 0.15) is 44.7 Å². The third-order valence-corrected chi connectivity index (χ3v) is 6.32. The molecular weight excluding hydrogens is 360 g/mol. The fourth-order valence-electron chi connectivity index (χ4n) is 3.59. The molecule has 0 aromatic heterocycles. The second-order valence-corrected chi connectivity index (χ2v) is 8.82. The number of aryl methyl sites for hydroxylation is 1. The highest BCUT2D eigenvalue weighted by Crippen LogP contribution is 2.34. The van der Waals surface area contributed by atoms with Crippen LogP contribution < -0.4 is 9.62 Å². The average molecular weight is 387 g/mol. The SMILES string of the molecule is CCCCc1ccc(NS(=O)(=O)c2ccc3c(c2)CC(C)N3C(C)=O)cc1. The molecule has 0 saturated heterocycles. The predicted molar refractivity (Wildman–Crippen MR) is 109 cm³/mol. The summed E-state index contributed by atoms with van der Waals surface area (Å²) in [4.78, 5) is 13.8. The molecule has 27 heavy (non-hydrogen) atoms. The van der Waals surface area contributed by atoms with Crippen molar-refractivity contribution in [1.82, 2.24) is 0 Å². The van der Waals surface area contributed by atoms with Crippen LogP contribution in [0.25, 0.3) is 0 Å². The molecule has 1 atom stereocenters. The van der Waals surface area contributed by atoms with Gasteiger partial charge in [-0.05, 0) is 67.6 Å². The maximum absolute atomic E-state index is 12.8. The molecule has 1 amide bonds. The van der Waals surface area contributed by atoms with Crippen LogP contribution in [0.5, 0.6) is 0 Å². The summed E-state index contributed by atoms with van der Waals surface area (Å²) in [5, 5.41) is 0. The van der Waals surface area contributed by atoms with Gasteiger partial charge in [-0.1, -0.05) is 25.5 Å². The normalized spacial score (nSPS) is 16.3. The zero-order valence-corrected chi connectivity index (χ0v) is 16.8. The molecule has 2 aromatic carbocycles. The molecule has 2 aromatic rings. The van der Waals surface area contributed by atoms with E-state index in [0.717, 1.165) is 30.5 Å². The van der Waals surface area contributed by atoms with Crippen LogP contribution in [0.4, 0.5) is 11.4 Å². The first-order valence-electron chi connectivity index (χ1n) is 9.36. The molecule has 0 radical (unpaired) electrons. The standard InChI is InChI=1S/C21H26N2O3S/c1-4-5-6-17-7-9-19(10-8-17)22-27(25,26)20-11-12-21-18(14-20)13-15(2)23(21)16(3)24/h7-12,14-15,22H,4-6,13H2,1-3H3. The van der Waals surface area contributed by atoms with E-state index in [9.17, 15) is 13.2 Å². The topological polar surface area (TPSA) is 66.5 Å². The average Bonchev–Trinajstić information content (AvgIpc) is 2.96. The van der Waals surface area contributed by atoms with Gasteiger partial charge in [0, 0.05) is 24.3 Å². The number of nitrogens with one attached hydrogen (secondary N) is 1. The Hall–Kier alpha value is -2.34. The Bertz CT molecular complexity index is 936. The van der Waals surface area contributed by atoms with E-state index in [0.29, 0.717) is 12.1 Å². The van der Waals surface area contributed by atoms with E-state index in [2.05, 4.69) is 11.6 Å². The van der Waals surface area contributed by atoms with E-state index in [1.807, 2.05) is 19.1 Å². The maximum atomic E-state index is 12.8. The summed E-state index contributed by atoms with van der Waals surface area (Å²) in [6.45, 7) is 5.64. The van der Waals surface area contributed by atoms with Gasteiger partial charge in [-0.2, -0.15) is 0 Å². The van der Waals surface area contributed by atoms with Crippen molar-refractivity contribution in [3.63, 3.8) is 0 Å². The minimum Gasteiger partial charge on any atom is -0.309 e. The second kappa shape index (κ2) is 7.72. The molecule has 0 spiro atoms. The van der Waals surface area contributed by atoms with Crippen molar-refractivity contribution in [2.45, 2.75) is 57.4 Å². The third kappa shape index (κ3) is 4.16. The van der Waals surface area contributed by atoms with Gasteiger partial charge in [-0.25, -0.2) is 8.42 Å². The Kier molecular flexibility index (Phi) is 5.56. The highest BCUT2D eigenvalue weighted by atomic mass is 32.2. The number of nitrogens with zero attached hydrogens (tertiary/aromatic N) is 1. The van der Waals surface area contributed by atoms with Gasteiger partial charge in [-0.15, -0.1) is 0 Å². The van der Waals surface area contributed by atoms with Crippen molar-refractivity contribution in [2.24, 2.45) is 0 Å². The lowest BCUT2D eigenvalue weighted by molar-refractivity contribution is -0.116. The molecule has 0 saturated carbocycles. The van der Waals surface area contributed by atoms with Gasteiger partial charge in [-0.3, -0.25) is 9.52 Å². The number of anilines is 2. The number of unbranched alkanes of at least 4 members (excludes halogenated alkanes) is 1. The Morgan fingerprint density at radius 3 is 2.52 bits per heavy atom. The largest absolute Gasteiger partial charge is 0.309 e. The molecule has 1 aliphatic heterocycles. The van der Waals surface area contributed by atoms with Gasteiger partial charge < -0.3 is 4.90 Å². The number of amides is 1. The highest BCUT2D eigenvalue weighted by molar-refractivity contribution is 7.92. The van der Waals surface area contributed by atoms with Gasteiger partial charge in [0.15, 0.2) is 0 Å². The lowest BCUT2D eigenvalue weighted by Crippen LogP contribution is -2.33. The first-order valence-corrected chi connectivity index (χ1v) is 10.8. The second-order valence-electron chi connectivity index (χ2n) is 7.14. The summed E-state index contributed by atoms with van der Waals surface area (Å²) in [6, 6.07) is 12.5. The molecule has 1 heterocycles. The quantitative estimate of drug-likeness (QED) is 0.812. The summed E-state index contributed by atoms with van der Waals surface area (Å²) in [5.41, 5.74) is 3.44. The Morgan fingerprint density at radius 2 is 1.89 bits per heavy atom. The van der Waals surface area contributed by atoms with Gasteiger partial charge in [0.2, 0.25) is 5.91 Å². The fourth-order valence-corrected chi connectivity index (χ4v) is 4.70. The summed E-state index contributed by atoms with van der Waals surface area (Å²) in [6.07, 6.45) is 3.91. The molecule has 0 aliphatic carbocycles. The first kappa shape index (κ1) is 19.4. The van der Waals surface area contributed by atoms with E-state index in [1.54, 1.807) is 35.2 Å². The van der Waals surface area contributed by atoms with Crippen LogP contribution in [-0.4, -0.2) is 20.4 Å². The number of benzene rings is 2. The maximum Gasteiger partial charge on any atom is 0.261 e. The number of carbonyl (C=O) groups excluding carboxylic acids is 1. The number of sulfonamides is 1. The summed E-state index contributed by atoms with van der Waals surface area (Å²) in [5.74, 6) is -0.0295. The molecule has 1 aliphatic rings. The molecule has 1 N–H and O–H groups in total. The molecule has 3 rings (SSSR count). The van der Waals surface area contributed by atoms with Crippen molar-refractivity contribution in [3.8, 4) is 0 Å². The Morgan fingerprint density at radius 1 is 1.19 bits per heavy atom. The van der Waals surface area contributed by atoms with E-state index in [-0.39, 0.29) is 16.8 Å². The molecule has 0 fully saturated rings. The highest BCUT2D eigenvalue weighted by Gasteiger charge is 2.30. The van der Waals surface area contributed by atoms with Gasteiger partial charge in [0.05, 0.1) is 4.90 Å². The fraction of sp³-hybridized carbons (Fsp3) is 0.381. The van der Waals surface area contributed by atoms with Crippen molar-refractivity contribution in [3.05, 3.63) is 53.6 Å². The van der Waals surface area contributed by atoms with Gasteiger partial charge >= 0.3 is 0 Å². The minimum absolute atomic E-state index is 0.0295. The minimum atomic E-state index is -3.67. The first-order chi connectivity index (χ1) is 12.8. The number of fused-ring (bicyclic) bond motifs is 1. The van der Waals surface area contributed by atoms with Crippen molar-refractivity contribution >= 4 is 27.3 Å². The number of carbonyl (C=O) groups is 1. The van der Waals surface area contributed by atoms with Crippen molar-refractivity contribution < 1.29 is 13.2 Å². The van der Waals surface area contributed by atoms with Crippen LogP contribution in [0, 0.1) is 0 Å². The lowest BCUT2D eigenvalue weighted by atomic mass is 10.1. The zero-order valence-electron chi connectivity index (χ0n) is 16.0. The molecule has 1 unspecified atom stereocenters. The summed E-state index contributed by atoms with van der Waals surface area (Å²) < 4.78 is 28.2. The number of hydrogen-bond acceptors (Lipinski definition) is 3. The van der Waals surface area contributed by atoms with Crippen LogP contribution >= 0.6 is 0 Å². The van der Waals surface area contributed by atoms with Crippen molar-refractivity contribution in [1.29, 1.82) is 0 Å². The lowest BCUT2D eigenvalue weighted by Gasteiger charge is -2.20. The Labute approximate surface area is 161 Å². The molecular formula is C21H26N2O3S. The van der Waals surface area contributed by atoms with E-state index < -0.39 is 10.0 Å². The van der Waals surface area contributed by atoms with E-state index in [4.69, 9.17) is 0 Å². The zero-order chi connectivity index (χ0) is 19.6. The van der Waals surface area contributed by atoms with Crippen LogP contribution in [-0.2, 0) is 27.7 Å². The van der Waals surface area contributed by atoms with E-state index in [1.165, 1.54) is 12.5 Å². The smallest absolute Gasteiger partial charge is 0.261 e. The molecule has 5 nitrogen and oxygen atoms in total. The van der Waals surface area contributed by atoms with Crippen molar-refractivity contribution in [2.75, 3.05) is 9.62 Å². The number of hydrogen-bond donors (Lipinski definition) is 1. The molecule has 144 valence electrons. The monoisotopic (exact) mass is 386 g/mol. The Balaban J connectivity index is 1.80. The van der Waals surface area contributed by atoms with Crippen LogP contribution in [0.3, 0.4) is 0 Å². The predicted octanol–water partition coefficient (Wildman–Crippen LogP) is 4.13. The third-order valence-electron chi connectivity index (χ3n) is 4.94. The molecule has 0 bridgehead atoms.